The molecule has 2 heterocycles. The largest absolute Gasteiger partial charge is 0.462 e. The molecule has 1 aromatic carbocycles. The molecule has 0 aliphatic carbocycles. The number of fused-ring (bicyclic) bond motifs is 1. The van der Waals surface area contributed by atoms with Gasteiger partial charge in [0, 0.05) is 7.05 Å². The van der Waals surface area contributed by atoms with Crippen molar-refractivity contribution in [1.29, 1.82) is 0 Å². The number of thioether (sulfide) groups is 1. The first-order valence-corrected chi connectivity index (χ1v) is 9.98. The summed E-state index contributed by atoms with van der Waals surface area (Å²) in [4.78, 5) is 44.3. The number of aromatic amines is 1. The van der Waals surface area contributed by atoms with E-state index < -0.39 is 11.2 Å². The number of aromatic nitrogens is 4. The number of rotatable bonds is 7. The average Bonchev–Trinajstić information content (AvgIpc) is 3.06. The third-order valence-corrected chi connectivity index (χ3v) is 5.43. The predicted octanol–water partition coefficient (Wildman–Crippen LogP) is 2.34. The van der Waals surface area contributed by atoms with Crippen molar-refractivity contribution in [2.45, 2.75) is 30.7 Å². The van der Waals surface area contributed by atoms with E-state index in [4.69, 9.17) is 4.74 Å². The fourth-order valence-electron chi connectivity index (χ4n) is 2.72. The van der Waals surface area contributed by atoms with Gasteiger partial charge in [0.15, 0.2) is 5.16 Å². The lowest BCUT2D eigenvalue weighted by Gasteiger charge is -2.15. The summed E-state index contributed by atoms with van der Waals surface area (Å²) in [6, 6.07) is 7.01. The molecule has 0 fully saturated rings. The van der Waals surface area contributed by atoms with Crippen molar-refractivity contribution in [2.75, 3.05) is 11.9 Å². The van der Waals surface area contributed by atoms with Crippen LogP contribution in [0.4, 0.5) is 5.82 Å². The summed E-state index contributed by atoms with van der Waals surface area (Å²) in [7, 11) is 1.62. The fourth-order valence-corrected chi connectivity index (χ4v) is 3.62. The maximum atomic E-state index is 12.8. The predicted molar refractivity (Wildman–Crippen MR) is 110 cm³/mol. The molecule has 3 rings (SSSR count). The van der Waals surface area contributed by atoms with Crippen LogP contribution in [0.1, 0.15) is 30.6 Å². The van der Waals surface area contributed by atoms with Crippen LogP contribution in [0.15, 0.2) is 40.4 Å². The van der Waals surface area contributed by atoms with E-state index in [0.29, 0.717) is 22.5 Å². The lowest BCUT2D eigenvalue weighted by atomic mass is 10.2. The molecular weight excluding hydrogens is 394 g/mol. The first-order valence-electron chi connectivity index (χ1n) is 9.10. The molecule has 152 valence electrons. The second kappa shape index (κ2) is 8.91. The molecule has 0 saturated carbocycles. The monoisotopic (exact) mass is 415 g/mol. The van der Waals surface area contributed by atoms with E-state index in [-0.39, 0.29) is 29.5 Å². The molecule has 0 radical (unpaired) electrons. The Bertz CT molecular complexity index is 1110. The summed E-state index contributed by atoms with van der Waals surface area (Å²) in [5.74, 6) is -0.632. The van der Waals surface area contributed by atoms with Crippen LogP contribution in [-0.2, 0) is 16.6 Å². The summed E-state index contributed by atoms with van der Waals surface area (Å²) in [6.07, 6.45) is 1.84. The summed E-state index contributed by atoms with van der Waals surface area (Å²) in [6.45, 7) is 3.77. The second-order valence-electron chi connectivity index (χ2n) is 6.14. The molecule has 1 unspecified atom stereocenters. The lowest BCUT2D eigenvalue weighted by Crippen LogP contribution is -2.27. The zero-order valence-corrected chi connectivity index (χ0v) is 17.1. The highest BCUT2D eigenvalue weighted by Crippen LogP contribution is 2.25. The van der Waals surface area contributed by atoms with Crippen LogP contribution in [0.5, 0.6) is 0 Å². The Hall–Kier alpha value is -3.14. The normalized spacial score (nSPS) is 12.0. The molecule has 2 N–H and O–H groups in total. The number of ether oxygens (including phenoxy) is 1. The molecular formula is C19H21N5O4S. The van der Waals surface area contributed by atoms with Gasteiger partial charge in [-0.25, -0.2) is 9.78 Å². The van der Waals surface area contributed by atoms with E-state index in [2.05, 4.69) is 20.4 Å². The minimum Gasteiger partial charge on any atom is -0.462 e. The number of nitrogens with zero attached hydrogens (tertiary/aromatic N) is 3. The SMILES string of the molecule is CCOC(=O)c1cnn(C)c1NC(=O)C(CC)Sc1nc2ccccc2c(=O)[nH]1. The van der Waals surface area contributed by atoms with Gasteiger partial charge >= 0.3 is 5.97 Å². The van der Waals surface area contributed by atoms with Gasteiger partial charge in [0.2, 0.25) is 5.91 Å². The molecule has 0 aliphatic heterocycles. The Labute approximate surface area is 170 Å². The number of para-hydroxylation sites is 1. The van der Waals surface area contributed by atoms with Crippen LogP contribution >= 0.6 is 11.8 Å². The number of carbonyl (C=O) groups is 2. The van der Waals surface area contributed by atoms with Gasteiger partial charge in [-0.05, 0) is 25.5 Å². The standard InChI is InChI=1S/C19H21N5O4S/c1-4-14(29-19-21-13-9-7-6-8-11(13)16(25)23-19)17(26)22-15-12(10-20-24(15)3)18(27)28-5-2/h6-10,14H,4-5H2,1-3H3,(H,22,26)(H,21,23,25). The zero-order valence-electron chi connectivity index (χ0n) is 16.3. The van der Waals surface area contributed by atoms with E-state index in [9.17, 15) is 14.4 Å². The van der Waals surface area contributed by atoms with E-state index in [1.54, 1.807) is 38.2 Å². The van der Waals surface area contributed by atoms with Gasteiger partial charge in [0.25, 0.3) is 5.56 Å². The van der Waals surface area contributed by atoms with E-state index in [0.717, 1.165) is 11.8 Å². The van der Waals surface area contributed by atoms with Crippen molar-refractivity contribution >= 4 is 40.4 Å². The average molecular weight is 415 g/mol. The van der Waals surface area contributed by atoms with E-state index in [1.807, 2.05) is 6.92 Å². The molecule has 1 atom stereocenters. The van der Waals surface area contributed by atoms with Gasteiger partial charge in [0.1, 0.15) is 11.4 Å². The maximum absolute atomic E-state index is 12.8. The Kier molecular flexibility index (Phi) is 6.32. The van der Waals surface area contributed by atoms with Gasteiger partial charge in [-0.1, -0.05) is 30.8 Å². The number of anilines is 1. The highest BCUT2D eigenvalue weighted by molar-refractivity contribution is 8.00. The highest BCUT2D eigenvalue weighted by Gasteiger charge is 2.24. The number of hydrogen-bond acceptors (Lipinski definition) is 7. The third-order valence-electron chi connectivity index (χ3n) is 4.18. The smallest absolute Gasteiger partial charge is 0.343 e. The molecule has 29 heavy (non-hydrogen) atoms. The van der Waals surface area contributed by atoms with Crippen LogP contribution < -0.4 is 10.9 Å². The minimum atomic E-state index is -0.558. The number of nitrogens with one attached hydrogen (secondary N) is 2. The van der Waals surface area contributed by atoms with Crippen molar-refractivity contribution < 1.29 is 14.3 Å². The molecule has 3 aromatic rings. The van der Waals surface area contributed by atoms with Crippen molar-refractivity contribution in [2.24, 2.45) is 7.05 Å². The summed E-state index contributed by atoms with van der Waals surface area (Å²) in [5.41, 5.74) is 0.481. The topological polar surface area (TPSA) is 119 Å². The number of benzene rings is 1. The van der Waals surface area contributed by atoms with Crippen molar-refractivity contribution in [3.63, 3.8) is 0 Å². The van der Waals surface area contributed by atoms with Crippen LogP contribution in [0.25, 0.3) is 10.9 Å². The number of aryl methyl sites for hydroxylation is 1. The van der Waals surface area contributed by atoms with Crippen LogP contribution in [-0.4, -0.2) is 43.5 Å². The molecule has 1 amide bonds. The molecule has 0 aliphatic rings. The summed E-state index contributed by atoms with van der Waals surface area (Å²) < 4.78 is 6.40. The van der Waals surface area contributed by atoms with Gasteiger partial charge in [-0.2, -0.15) is 5.10 Å². The summed E-state index contributed by atoms with van der Waals surface area (Å²) in [5, 5.41) is 7.07. The number of hydrogen-bond donors (Lipinski definition) is 2. The second-order valence-corrected chi connectivity index (χ2v) is 7.33. The quantitative estimate of drug-likeness (QED) is 0.345. The Morgan fingerprint density at radius 2 is 2.07 bits per heavy atom. The maximum Gasteiger partial charge on any atom is 0.343 e. The number of H-pyrrole nitrogens is 1. The molecule has 0 spiro atoms. The van der Waals surface area contributed by atoms with Crippen LogP contribution in [0, 0.1) is 0 Å². The number of amides is 1. The van der Waals surface area contributed by atoms with E-state index >= 15 is 0 Å². The molecule has 0 bridgehead atoms. The Balaban J connectivity index is 1.81. The lowest BCUT2D eigenvalue weighted by molar-refractivity contribution is -0.115. The van der Waals surface area contributed by atoms with Crippen molar-refractivity contribution in [3.05, 3.63) is 46.4 Å². The van der Waals surface area contributed by atoms with Crippen LogP contribution in [0.3, 0.4) is 0 Å². The zero-order chi connectivity index (χ0) is 21.0. The molecule has 0 saturated heterocycles. The minimum absolute atomic E-state index is 0.180. The number of esters is 1. The van der Waals surface area contributed by atoms with Gasteiger partial charge in [-0.3, -0.25) is 14.3 Å². The molecule has 9 nitrogen and oxygen atoms in total. The Morgan fingerprint density at radius 3 is 2.79 bits per heavy atom. The van der Waals surface area contributed by atoms with Gasteiger partial charge in [0.05, 0.1) is 29.0 Å². The van der Waals surface area contributed by atoms with Gasteiger partial charge in [-0.15, -0.1) is 0 Å². The number of carbonyl (C=O) groups excluding carboxylic acids is 2. The molecule has 2 aromatic heterocycles. The van der Waals surface area contributed by atoms with Crippen LogP contribution in [0.2, 0.25) is 0 Å². The summed E-state index contributed by atoms with van der Waals surface area (Å²) >= 11 is 1.15. The first-order chi connectivity index (χ1) is 13.9. The first kappa shape index (κ1) is 20.6. The fraction of sp³-hybridized carbons (Fsp3) is 0.316. The Morgan fingerprint density at radius 1 is 1.31 bits per heavy atom. The highest BCUT2D eigenvalue weighted by atomic mass is 32.2. The van der Waals surface area contributed by atoms with Crippen molar-refractivity contribution in [1.82, 2.24) is 19.7 Å². The molecule has 10 heteroatoms. The van der Waals surface area contributed by atoms with Gasteiger partial charge < -0.3 is 15.0 Å². The third kappa shape index (κ3) is 4.48. The van der Waals surface area contributed by atoms with E-state index in [1.165, 1.54) is 10.9 Å². The van der Waals surface area contributed by atoms with Crippen molar-refractivity contribution in [3.8, 4) is 0 Å².